The lowest BCUT2D eigenvalue weighted by molar-refractivity contribution is -0.123. The molecule has 0 saturated heterocycles. The van der Waals surface area contributed by atoms with Gasteiger partial charge in [0.25, 0.3) is 5.91 Å². The number of rotatable bonds is 3. The number of primary amides is 1. The van der Waals surface area contributed by atoms with Gasteiger partial charge >= 0.3 is 0 Å². The second-order valence-electron chi connectivity index (χ2n) is 2.74. The van der Waals surface area contributed by atoms with Crippen LogP contribution in [-0.4, -0.2) is 12.0 Å². The van der Waals surface area contributed by atoms with Crippen molar-refractivity contribution >= 4 is 33.4 Å². The molecule has 0 fully saturated rings. The molecule has 1 unspecified atom stereocenters. The average molecular weight is 279 g/mol. The number of halogens is 2. The Kier molecular flexibility index (Phi) is 3.77. The molecule has 0 spiro atoms. The highest BCUT2D eigenvalue weighted by atomic mass is 79.9. The maximum Gasteiger partial charge on any atom is 0.258 e. The number of benzene rings is 1. The summed E-state index contributed by atoms with van der Waals surface area (Å²) in [6, 6.07) is 5.06. The minimum atomic E-state index is -0.660. The minimum Gasteiger partial charge on any atom is -0.481 e. The summed E-state index contributed by atoms with van der Waals surface area (Å²) in [7, 11) is 0. The van der Waals surface area contributed by atoms with Crippen molar-refractivity contribution in [2.45, 2.75) is 13.0 Å². The summed E-state index contributed by atoms with van der Waals surface area (Å²) >= 11 is 9.08. The van der Waals surface area contributed by atoms with Gasteiger partial charge in [-0.15, -0.1) is 0 Å². The maximum atomic E-state index is 10.7. The third kappa shape index (κ3) is 2.89. The van der Waals surface area contributed by atoms with E-state index in [-0.39, 0.29) is 0 Å². The van der Waals surface area contributed by atoms with Crippen molar-refractivity contribution in [3.63, 3.8) is 0 Å². The highest BCUT2D eigenvalue weighted by molar-refractivity contribution is 9.10. The first-order valence-electron chi connectivity index (χ1n) is 3.91. The molecule has 1 amide bonds. The second-order valence-corrected chi connectivity index (χ2v) is 4.00. The quantitative estimate of drug-likeness (QED) is 0.923. The highest BCUT2D eigenvalue weighted by Gasteiger charge is 2.10. The molecule has 0 bridgehead atoms. The van der Waals surface area contributed by atoms with Crippen LogP contribution in [0.3, 0.4) is 0 Å². The summed E-state index contributed by atoms with van der Waals surface area (Å²) in [6.45, 7) is 1.58. The molecule has 1 aromatic rings. The zero-order valence-corrected chi connectivity index (χ0v) is 9.80. The Labute approximate surface area is 95.3 Å². The van der Waals surface area contributed by atoms with E-state index < -0.39 is 12.0 Å². The lowest BCUT2D eigenvalue weighted by atomic mass is 10.3. The molecule has 1 aromatic carbocycles. The summed E-state index contributed by atoms with van der Waals surface area (Å²) in [5.41, 5.74) is 5.05. The van der Waals surface area contributed by atoms with Gasteiger partial charge in [-0.3, -0.25) is 4.79 Å². The van der Waals surface area contributed by atoms with E-state index in [9.17, 15) is 4.79 Å². The van der Waals surface area contributed by atoms with E-state index >= 15 is 0 Å². The van der Waals surface area contributed by atoms with Gasteiger partial charge in [-0.25, -0.2) is 0 Å². The number of ether oxygens (including phenoxy) is 1. The third-order valence-electron chi connectivity index (χ3n) is 1.60. The third-order valence-corrected chi connectivity index (χ3v) is 2.84. The van der Waals surface area contributed by atoms with Gasteiger partial charge in [-0.2, -0.15) is 0 Å². The predicted octanol–water partition coefficient (Wildman–Crippen LogP) is 2.36. The summed E-state index contributed by atoms with van der Waals surface area (Å²) in [5.74, 6) is 0.00791. The standard InChI is InChI=1S/C9H9BrClNO2/c1-5(9(12)13)14-6-2-3-7(10)8(11)4-6/h2-5H,1H3,(H2,12,13). The average Bonchev–Trinajstić information content (AvgIpc) is 2.11. The van der Waals surface area contributed by atoms with Crippen molar-refractivity contribution < 1.29 is 9.53 Å². The number of nitrogens with two attached hydrogens (primary N) is 1. The molecule has 76 valence electrons. The van der Waals surface area contributed by atoms with Crippen LogP contribution in [0.25, 0.3) is 0 Å². The highest BCUT2D eigenvalue weighted by Crippen LogP contribution is 2.27. The van der Waals surface area contributed by atoms with Crippen LogP contribution in [0, 0.1) is 0 Å². The predicted molar refractivity (Wildman–Crippen MR) is 58.4 cm³/mol. The van der Waals surface area contributed by atoms with Crippen LogP contribution in [0.2, 0.25) is 5.02 Å². The SMILES string of the molecule is CC(Oc1ccc(Br)c(Cl)c1)C(N)=O. The Hall–Kier alpha value is -0.740. The Balaban J connectivity index is 2.78. The van der Waals surface area contributed by atoms with Gasteiger partial charge in [0.2, 0.25) is 0 Å². The molecule has 5 heteroatoms. The first kappa shape index (κ1) is 11.3. The Morgan fingerprint density at radius 1 is 1.64 bits per heavy atom. The summed E-state index contributed by atoms with van der Waals surface area (Å²) < 4.78 is 6.01. The fourth-order valence-corrected chi connectivity index (χ4v) is 1.23. The van der Waals surface area contributed by atoms with E-state index in [0.717, 1.165) is 4.47 Å². The number of hydrogen-bond donors (Lipinski definition) is 1. The van der Waals surface area contributed by atoms with E-state index in [1.807, 2.05) is 0 Å². The van der Waals surface area contributed by atoms with Crippen molar-refractivity contribution in [3.05, 3.63) is 27.7 Å². The van der Waals surface area contributed by atoms with Gasteiger partial charge in [0.1, 0.15) is 5.75 Å². The smallest absolute Gasteiger partial charge is 0.258 e. The van der Waals surface area contributed by atoms with Crippen LogP contribution in [-0.2, 0) is 4.79 Å². The first-order chi connectivity index (χ1) is 6.50. The van der Waals surface area contributed by atoms with Gasteiger partial charge in [0.15, 0.2) is 6.10 Å². The van der Waals surface area contributed by atoms with Crippen LogP contribution in [0.5, 0.6) is 5.75 Å². The van der Waals surface area contributed by atoms with Crippen molar-refractivity contribution in [2.75, 3.05) is 0 Å². The van der Waals surface area contributed by atoms with Gasteiger partial charge in [-0.05, 0) is 41.1 Å². The largest absolute Gasteiger partial charge is 0.481 e. The van der Waals surface area contributed by atoms with Gasteiger partial charge in [0, 0.05) is 4.47 Å². The van der Waals surface area contributed by atoms with Gasteiger partial charge in [-0.1, -0.05) is 11.6 Å². The summed E-state index contributed by atoms with van der Waals surface area (Å²) in [5, 5.41) is 0.527. The van der Waals surface area contributed by atoms with E-state index in [0.29, 0.717) is 10.8 Å². The molecular weight excluding hydrogens is 269 g/mol. The number of carbonyl (C=O) groups excluding carboxylic acids is 1. The molecule has 14 heavy (non-hydrogen) atoms. The Morgan fingerprint density at radius 3 is 2.79 bits per heavy atom. The van der Waals surface area contributed by atoms with Gasteiger partial charge in [0.05, 0.1) is 5.02 Å². The van der Waals surface area contributed by atoms with Crippen LogP contribution in [0.15, 0.2) is 22.7 Å². The maximum absolute atomic E-state index is 10.7. The summed E-state index contributed by atoms with van der Waals surface area (Å²) in [6.07, 6.45) is -0.660. The minimum absolute atomic E-state index is 0.510. The molecule has 1 atom stereocenters. The number of carbonyl (C=O) groups is 1. The summed E-state index contributed by atoms with van der Waals surface area (Å²) in [4.78, 5) is 10.7. The normalized spacial score (nSPS) is 12.2. The fourth-order valence-electron chi connectivity index (χ4n) is 0.812. The Bertz CT molecular complexity index is 357. The molecule has 0 aromatic heterocycles. The van der Waals surface area contributed by atoms with Crippen LogP contribution in [0.1, 0.15) is 6.92 Å². The van der Waals surface area contributed by atoms with Crippen molar-refractivity contribution in [2.24, 2.45) is 5.73 Å². The molecule has 1 rings (SSSR count). The van der Waals surface area contributed by atoms with Crippen molar-refractivity contribution in [3.8, 4) is 5.75 Å². The number of hydrogen-bond acceptors (Lipinski definition) is 2. The second kappa shape index (κ2) is 4.66. The number of amides is 1. The molecule has 0 heterocycles. The molecule has 0 radical (unpaired) electrons. The van der Waals surface area contributed by atoms with Crippen LogP contribution < -0.4 is 10.5 Å². The van der Waals surface area contributed by atoms with E-state index in [1.165, 1.54) is 0 Å². The Morgan fingerprint density at radius 2 is 2.29 bits per heavy atom. The lowest BCUT2D eigenvalue weighted by Gasteiger charge is -2.11. The van der Waals surface area contributed by atoms with Crippen molar-refractivity contribution in [1.82, 2.24) is 0 Å². The van der Waals surface area contributed by atoms with Crippen LogP contribution in [0.4, 0.5) is 0 Å². The van der Waals surface area contributed by atoms with Gasteiger partial charge < -0.3 is 10.5 Å². The molecule has 0 aliphatic rings. The lowest BCUT2D eigenvalue weighted by Crippen LogP contribution is -2.30. The molecule has 0 aliphatic carbocycles. The molecule has 3 nitrogen and oxygen atoms in total. The molecule has 0 saturated carbocycles. The van der Waals surface area contributed by atoms with Crippen LogP contribution >= 0.6 is 27.5 Å². The first-order valence-corrected chi connectivity index (χ1v) is 5.09. The van der Waals surface area contributed by atoms with E-state index in [4.69, 9.17) is 22.1 Å². The van der Waals surface area contributed by atoms with E-state index in [2.05, 4.69) is 15.9 Å². The zero-order valence-electron chi connectivity index (χ0n) is 7.46. The molecule has 2 N–H and O–H groups in total. The monoisotopic (exact) mass is 277 g/mol. The van der Waals surface area contributed by atoms with E-state index in [1.54, 1.807) is 25.1 Å². The zero-order chi connectivity index (χ0) is 10.7. The fraction of sp³-hybridized carbons (Fsp3) is 0.222. The molecular formula is C9H9BrClNO2. The van der Waals surface area contributed by atoms with Crippen molar-refractivity contribution in [1.29, 1.82) is 0 Å². The topological polar surface area (TPSA) is 52.3 Å². The molecule has 0 aliphatic heterocycles.